The second kappa shape index (κ2) is 7.78. The second-order valence-corrected chi connectivity index (χ2v) is 8.69. The third-order valence-electron chi connectivity index (χ3n) is 6.76. The average molecular weight is 407 g/mol. The van der Waals surface area contributed by atoms with E-state index in [9.17, 15) is 9.59 Å². The summed E-state index contributed by atoms with van der Waals surface area (Å²) in [5, 5.41) is 6.85. The third kappa shape index (κ3) is 3.36. The molecule has 1 amide bonds. The first-order chi connectivity index (χ1) is 14.4. The molecule has 1 saturated carbocycles. The van der Waals surface area contributed by atoms with Crippen LogP contribution in [0.3, 0.4) is 0 Å². The zero-order chi connectivity index (χ0) is 21.5. The molecule has 0 aromatic heterocycles. The van der Waals surface area contributed by atoms with Crippen LogP contribution in [0.5, 0.6) is 0 Å². The fourth-order valence-corrected chi connectivity index (χ4v) is 4.96. The van der Waals surface area contributed by atoms with Gasteiger partial charge in [0.25, 0.3) is 0 Å². The summed E-state index contributed by atoms with van der Waals surface area (Å²) in [7, 11) is 1.41. The zero-order valence-electron chi connectivity index (χ0n) is 18.3. The number of carbonyl (C=O) groups excluding carboxylic acids is 2. The number of nitrogens with one attached hydrogen (secondary N) is 2. The third-order valence-corrected chi connectivity index (χ3v) is 6.76. The minimum atomic E-state index is -0.531. The minimum Gasteiger partial charge on any atom is -0.469 e. The highest BCUT2D eigenvalue weighted by Crippen LogP contribution is 2.47. The van der Waals surface area contributed by atoms with Crippen molar-refractivity contribution in [1.82, 2.24) is 0 Å². The summed E-state index contributed by atoms with van der Waals surface area (Å²) in [6.45, 7) is 6.12. The zero-order valence-corrected chi connectivity index (χ0v) is 18.3. The lowest BCUT2D eigenvalue weighted by molar-refractivity contribution is -0.139. The number of hydrogen-bond donors (Lipinski definition) is 2. The van der Waals surface area contributed by atoms with Crippen molar-refractivity contribution in [3.63, 3.8) is 0 Å². The van der Waals surface area contributed by atoms with E-state index in [1.54, 1.807) is 0 Å². The molecular formula is C25H30N2O3. The molecule has 0 saturated heterocycles. The van der Waals surface area contributed by atoms with Gasteiger partial charge in [-0.05, 0) is 61.4 Å². The van der Waals surface area contributed by atoms with Gasteiger partial charge in [-0.15, -0.1) is 0 Å². The van der Waals surface area contributed by atoms with E-state index in [-0.39, 0.29) is 18.3 Å². The van der Waals surface area contributed by atoms with Crippen LogP contribution in [0.2, 0.25) is 0 Å². The molecule has 1 heterocycles. The number of methoxy groups -OCH3 is 1. The van der Waals surface area contributed by atoms with Gasteiger partial charge in [-0.1, -0.05) is 49.1 Å². The fourth-order valence-electron chi connectivity index (χ4n) is 4.96. The number of rotatable bonds is 3. The molecule has 0 radical (unpaired) electrons. The molecule has 2 aliphatic rings. The van der Waals surface area contributed by atoms with E-state index in [2.05, 4.69) is 48.7 Å². The molecule has 1 spiro atoms. The summed E-state index contributed by atoms with van der Waals surface area (Å²) in [5.41, 5.74) is 7.44. The van der Waals surface area contributed by atoms with Crippen LogP contribution < -0.4 is 10.6 Å². The molecule has 5 nitrogen and oxygen atoms in total. The number of amides is 1. The predicted octanol–water partition coefficient (Wildman–Crippen LogP) is 5.06. The molecule has 4 rings (SSSR count). The summed E-state index contributed by atoms with van der Waals surface area (Å²) < 4.78 is 4.97. The van der Waals surface area contributed by atoms with Gasteiger partial charge in [-0.3, -0.25) is 9.59 Å². The first kappa shape index (κ1) is 20.5. The van der Waals surface area contributed by atoms with E-state index < -0.39 is 5.54 Å². The Hall–Kier alpha value is -2.82. The molecule has 158 valence electrons. The van der Waals surface area contributed by atoms with Gasteiger partial charge < -0.3 is 15.4 Å². The maximum Gasteiger partial charge on any atom is 0.310 e. The maximum atomic E-state index is 13.1. The van der Waals surface area contributed by atoms with Crippen molar-refractivity contribution in [1.29, 1.82) is 0 Å². The Morgan fingerprint density at radius 1 is 1.00 bits per heavy atom. The molecule has 0 bridgehead atoms. The van der Waals surface area contributed by atoms with Crippen molar-refractivity contribution in [2.45, 2.75) is 64.8 Å². The fraction of sp³-hybridized carbons (Fsp3) is 0.440. The Labute approximate surface area is 178 Å². The average Bonchev–Trinajstić information content (AvgIpc) is 2.75. The van der Waals surface area contributed by atoms with Gasteiger partial charge in [0.1, 0.15) is 5.54 Å². The molecule has 2 aromatic rings. The van der Waals surface area contributed by atoms with Crippen molar-refractivity contribution in [2.24, 2.45) is 0 Å². The molecule has 0 unspecified atom stereocenters. The maximum absolute atomic E-state index is 13.1. The standard InChI is InChI=1S/C25H30N2O3/c1-15-8-10-18(11-9-15)21-17(3)23-22(16(2)19(21)14-20(28)30-4)26-24(29)25(27-23)12-6-5-7-13-25/h8-11,27H,5-7,12-14H2,1-4H3,(H,26,29). The molecule has 1 aliphatic carbocycles. The van der Waals surface area contributed by atoms with Crippen molar-refractivity contribution < 1.29 is 14.3 Å². The highest BCUT2D eigenvalue weighted by molar-refractivity contribution is 6.09. The molecule has 30 heavy (non-hydrogen) atoms. The second-order valence-electron chi connectivity index (χ2n) is 8.69. The van der Waals surface area contributed by atoms with Crippen LogP contribution in [0.1, 0.15) is 54.4 Å². The van der Waals surface area contributed by atoms with E-state index in [0.717, 1.165) is 64.9 Å². The van der Waals surface area contributed by atoms with Crippen molar-refractivity contribution in [3.8, 4) is 11.1 Å². The van der Waals surface area contributed by atoms with Gasteiger partial charge in [-0.2, -0.15) is 0 Å². The van der Waals surface area contributed by atoms with Crippen LogP contribution >= 0.6 is 0 Å². The predicted molar refractivity (Wildman–Crippen MR) is 120 cm³/mol. The van der Waals surface area contributed by atoms with Gasteiger partial charge in [0.15, 0.2) is 0 Å². The van der Waals surface area contributed by atoms with Gasteiger partial charge in [0, 0.05) is 0 Å². The van der Waals surface area contributed by atoms with Gasteiger partial charge >= 0.3 is 5.97 Å². The van der Waals surface area contributed by atoms with E-state index >= 15 is 0 Å². The van der Waals surface area contributed by atoms with Crippen LogP contribution in [0.15, 0.2) is 24.3 Å². The van der Waals surface area contributed by atoms with Crippen LogP contribution in [0.25, 0.3) is 11.1 Å². The highest BCUT2D eigenvalue weighted by atomic mass is 16.5. The first-order valence-electron chi connectivity index (χ1n) is 10.8. The van der Waals surface area contributed by atoms with E-state index in [1.807, 2.05) is 6.92 Å². The summed E-state index contributed by atoms with van der Waals surface area (Å²) in [6, 6.07) is 8.37. The number of ether oxygens (including phenoxy) is 1. The number of hydrogen-bond acceptors (Lipinski definition) is 4. The molecule has 5 heteroatoms. The lowest BCUT2D eigenvalue weighted by atomic mass is 9.78. The van der Waals surface area contributed by atoms with E-state index in [0.29, 0.717) is 0 Å². The molecule has 2 aromatic carbocycles. The number of esters is 1. The van der Waals surface area contributed by atoms with Crippen LogP contribution in [0, 0.1) is 20.8 Å². The topological polar surface area (TPSA) is 67.4 Å². The van der Waals surface area contributed by atoms with E-state index in [4.69, 9.17) is 4.74 Å². The minimum absolute atomic E-state index is 0.0457. The smallest absolute Gasteiger partial charge is 0.310 e. The Kier molecular flexibility index (Phi) is 5.31. The number of benzene rings is 2. The van der Waals surface area contributed by atoms with Crippen LogP contribution in [-0.4, -0.2) is 24.5 Å². The number of carbonyl (C=O) groups is 2. The molecule has 1 fully saturated rings. The largest absolute Gasteiger partial charge is 0.469 e. The summed E-state index contributed by atoms with van der Waals surface area (Å²) in [5.74, 6) is -0.242. The Morgan fingerprint density at radius 2 is 1.67 bits per heavy atom. The lowest BCUT2D eigenvalue weighted by Gasteiger charge is -2.43. The van der Waals surface area contributed by atoms with Crippen LogP contribution in [-0.2, 0) is 20.7 Å². The highest BCUT2D eigenvalue weighted by Gasteiger charge is 2.44. The summed E-state index contributed by atoms with van der Waals surface area (Å²) in [4.78, 5) is 25.3. The van der Waals surface area contributed by atoms with Crippen molar-refractivity contribution in [2.75, 3.05) is 17.7 Å². The SMILES string of the molecule is COC(=O)Cc1c(C)c2c(c(C)c1-c1ccc(C)cc1)NC1(CCCCC1)C(=O)N2. The Balaban J connectivity index is 1.92. The van der Waals surface area contributed by atoms with Gasteiger partial charge in [-0.25, -0.2) is 0 Å². The lowest BCUT2D eigenvalue weighted by Crippen LogP contribution is -2.54. The normalized spacial score (nSPS) is 17.1. The number of fused-ring (bicyclic) bond motifs is 1. The van der Waals surface area contributed by atoms with Crippen LogP contribution in [0.4, 0.5) is 11.4 Å². The summed E-state index contributed by atoms with van der Waals surface area (Å²) >= 11 is 0. The van der Waals surface area contributed by atoms with Gasteiger partial charge in [0.05, 0.1) is 24.9 Å². The molecular weight excluding hydrogens is 376 g/mol. The number of aryl methyl sites for hydroxylation is 1. The van der Waals surface area contributed by atoms with Crippen molar-refractivity contribution >= 4 is 23.3 Å². The quantitative estimate of drug-likeness (QED) is 0.699. The van der Waals surface area contributed by atoms with Gasteiger partial charge in [0.2, 0.25) is 5.91 Å². The van der Waals surface area contributed by atoms with Crippen molar-refractivity contribution in [3.05, 3.63) is 46.5 Å². The first-order valence-corrected chi connectivity index (χ1v) is 10.8. The Morgan fingerprint density at radius 3 is 2.30 bits per heavy atom. The molecule has 1 aliphatic heterocycles. The molecule has 0 atom stereocenters. The van der Waals surface area contributed by atoms with E-state index in [1.165, 1.54) is 19.1 Å². The Bertz CT molecular complexity index is 1000. The summed E-state index contributed by atoms with van der Waals surface area (Å²) in [6.07, 6.45) is 5.15. The number of anilines is 2. The molecule has 2 N–H and O–H groups in total. The monoisotopic (exact) mass is 406 g/mol.